The van der Waals surface area contributed by atoms with Crippen molar-refractivity contribution >= 4 is 23.7 Å². The monoisotopic (exact) mass is 382 g/mol. The van der Waals surface area contributed by atoms with Crippen molar-refractivity contribution in [3.63, 3.8) is 0 Å². The largest absolute Gasteiger partial charge is 0.373 e. The number of carbonyl (C=O) groups excluding carboxylic acids is 1. The summed E-state index contributed by atoms with van der Waals surface area (Å²) < 4.78 is 0. The van der Waals surface area contributed by atoms with Crippen molar-refractivity contribution in [1.82, 2.24) is 19.8 Å². The maximum atomic E-state index is 11.6. The summed E-state index contributed by atoms with van der Waals surface area (Å²) >= 11 is 0. The van der Waals surface area contributed by atoms with Crippen LogP contribution in [0, 0.1) is 0 Å². The minimum atomic E-state index is 0.498. The van der Waals surface area contributed by atoms with Gasteiger partial charge in [0.1, 0.15) is 12.1 Å². The van der Waals surface area contributed by atoms with Gasteiger partial charge in [-0.05, 0) is 63.2 Å². The van der Waals surface area contributed by atoms with Crippen LogP contribution in [0.2, 0.25) is 0 Å². The van der Waals surface area contributed by atoms with E-state index < -0.39 is 0 Å². The maximum Gasteiger partial charge on any atom is 0.229 e. The summed E-state index contributed by atoms with van der Waals surface area (Å²) in [6.07, 6.45) is 6.13. The van der Waals surface area contributed by atoms with Gasteiger partial charge in [0.25, 0.3) is 0 Å². The molecule has 28 heavy (non-hydrogen) atoms. The molecule has 0 bridgehead atoms. The van der Waals surface area contributed by atoms with Gasteiger partial charge in [0.15, 0.2) is 0 Å². The Morgan fingerprint density at radius 1 is 1.21 bits per heavy atom. The predicted molar refractivity (Wildman–Crippen MR) is 114 cm³/mol. The number of nitrogens with one attached hydrogen (secondary N) is 2. The molecule has 0 atom stereocenters. The highest BCUT2D eigenvalue weighted by atomic mass is 16.1. The second kappa shape index (κ2) is 10.1. The van der Waals surface area contributed by atoms with Crippen molar-refractivity contribution in [1.29, 1.82) is 0 Å². The minimum Gasteiger partial charge on any atom is -0.373 e. The molecule has 7 heteroatoms. The summed E-state index contributed by atoms with van der Waals surface area (Å²) in [5.74, 6) is 1.24. The van der Waals surface area contributed by atoms with E-state index in [1.54, 1.807) is 12.3 Å². The molecule has 0 spiro atoms. The maximum absolute atomic E-state index is 11.6. The Labute approximate surface area is 167 Å². The zero-order valence-corrected chi connectivity index (χ0v) is 16.8. The first-order chi connectivity index (χ1) is 13.7. The molecule has 1 aliphatic heterocycles. The molecule has 0 aliphatic carbocycles. The number of likely N-dealkylation sites (tertiary alicyclic amines) is 1. The smallest absolute Gasteiger partial charge is 0.229 e. The molecule has 7 nitrogen and oxygen atoms in total. The molecule has 3 rings (SSSR count). The lowest BCUT2D eigenvalue weighted by molar-refractivity contribution is 0.112. The topological polar surface area (TPSA) is 73.4 Å². The fraction of sp³-hybridized carbons (Fsp3) is 0.476. The van der Waals surface area contributed by atoms with Crippen LogP contribution >= 0.6 is 0 Å². The van der Waals surface area contributed by atoms with E-state index in [1.807, 2.05) is 25.2 Å². The average molecular weight is 383 g/mol. The van der Waals surface area contributed by atoms with Gasteiger partial charge in [-0.15, -0.1) is 0 Å². The van der Waals surface area contributed by atoms with Gasteiger partial charge in [-0.1, -0.05) is 6.07 Å². The second-order valence-electron chi connectivity index (χ2n) is 7.27. The molecule has 2 aromatic rings. The van der Waals surface area contributed by atoms with Crippen LogP contribution in [0.15, 0.2) is 30.5 Å². The summed E-state index contributed by atoms with van der Waals surface area (Å²) in [6.45, 7) is 5.60. The molecular formula is C21H30N6O. The fourth-order valence-corrected chi connectivity index (χ4v) is 3.44. The molecule has 0 radical (unpaired) electrons. The number of nitrogens with zero attached hydrogens (tertiary/aromatic N) is 4. The van der Waals surface area contributed by atoms with E-state index in [2.05, 4.69) is 37.4 Å². The lowest BCUT2D eigenvalue weighted by atomic mass is 10.0. The van der Waals surface area contributed by atoms with E-state index >= 15 is 0 Å². The van der Waals surface area contributed by atoms with Gasteiger partial charge >= 0.3 is 0 Å². The average Bonchev–Trinajstić information content (AvgIpc) is 3.25. The highest BCUT2D eigenvalue weighted by Crippen LogP contribution is 2.19. The molecule has 2 N–H and O–H groups in total. The summed E-state index contributed by atoms with van der Waals surface area (Å²) in [7, 11) is 3.96. The molecule has 0 unspecified atom stereocenters. The quantitative estimate of drug-likeness (QED) is 0.612. The van der Waals surface area contributed by atoms with Gasteiger partial charge in [-0.2, -0.15) is 4.98 Å². The summed E-state index contributed by atoms with van der Waals surface area (Å²) in [4.78, 5) is 25.0. The molecule has 2 heterocycles. The lowest BCUT2D eigenvalue weighted by Crippen LogP contribution is -2.32. The number of anilines is 3. The van der Waals surface area contributed by atoms with Crippen LogP contribution in [-0.4, -0.2) is 72.9 Å². The first-order valence-corrected chi connectivity index (χ1v) is 9.95. The molecule has 150 valence electrons. The van der Waals surface area contributed by atoms with Crippen LogP contribution in [0.25, 0.3) is 0 Å². The molecule has 1 aliphatic rings. The Morgan fingerprint density at radius 3 is 2.79 bits per heavy atom. The summed E-state index contributed by atoms with van der Waals surface area (Å²) in [5.41, 5.74) is 2.59. The van der Waals surface area contributed by atoms with Gasteiger partial charge in [-0.25, -0.2) is 4.98 Å². The zero-order valence-electron chi connectivity index (χ0n) is 16.8. The third-order valence-corrected chi connectivity index (χ3v) is 5.20. The van der Waals surface area contributed by atoms with Crippen LogP contribution < -0.4 is 10.6 Å². The second-order valence-corrected chi connectivity index (χ2v) is 7.27. The number of hydrogen-bond donors (Lipinski definition) is 2. The number of hydrogen-bond acceptors (Lipinski definition) is 7. The van der Waals surface area contributed by atoms with E-state index in [0.29, 0.717) is 11.5 Å². The number of carbonyl (C=O) groups is 1. The fourth-order valence-electron chi connectivity index (χ4n) is 3.44. The predicted octanol–water partition coefficient (Wildman–Crippen LogP) is 2.64. The molecule has 0 saturated carbocycles. The zero-order chi connectivity index (χ0) is 19.8. The Morgan fingerprint density at radius 2 is 2.04 bits per heavy atom. The van der Waals surface area contributed by atoms with Crippen molar-refractivity contribution in [2.75, 3.05) is 57.5 Å². The van der Waals surface area contributed by atoms with Gasteiger partial charge in [-0.3, -0.25) is 4.79 Å². The Bertz CT molecular complexity index is 775. The van der Waals surface area contributed by atoms with Crippen LogP contribution in [0.1, 0.15) is 28.8 Å². The Kier molecular flexibility index (Phi) is 7.33. The molecule has 1 fully saturated rings. The number of aldehydes is 1. The van der Waals surface area contributed by atoms with Crippen LogP contribution in [-0.2, 0) is 6.42 Å². The van der Waals surface area contributed by atoms with Crippen molar-refractivity contribution in [2.45, 2.75) is 19.3 Å². The van der Waals surface area contributed by atoms with Gasteiger partial charge in [0, 0.05) is 44.1 Å². The highest BCUT2D eigenvalue weighted by molar-refractivity contribution is 5.80. The van der Waals surface area contributed by atoms with Crippen LogP contribution in [0.5, 0.6) is 0 Å². The van der Waals surface area contributed by atoms with Crippen molar-refractivity contribution in [2.24, 2.45) is 0 Å². The first-order valence-electron chi connectivity index (χ1n) is 9.95. The Hall–Kier alpha value is -2.51. The number of aromatic nitrogens is 2. The van der Waals surface area contributed by atoms with Gasteiger partial charge in [0.05, 0.1) is 0 Å². The molecule has 1 aromatic carbocycles. The third kappa shape index (κ3) is 5.74. The normalized spacial score (nSPS) is 14.4. The van der Waals surface area contributed by atoms with Crippen LogP contribution in [0.3, 0.4) is 0 Å². The SMILES string of the molecule is CNc1ccnc(Nc2ccc(CCN(C)CCN3CCCC3)c(C=O)c2)n1. The Balaban J connectivity index is 1.55. The molecular weight excluding hydrogens is 352 g/mol. The number of likely N-dealkylation sites (N-methyl/N-ethyl adjacent to an activating group) is 1. The van der Waals surface area contributed by atoms with Crippen molar-refractivity contribution in [3.05, 3.63) is 41.6 Å². The van der Waals surface area contributed by atoms with Crippen LogP contribution in [0.4, 0.5) is 17.5 Å². The van der Waals surface area contributed by atoms with E-state index in [4.69, 9.17) is 0 Å². The molecule has 0 amide bonds. The molecule has 1 saturated heterocycles. The van der Waals surface area contributed by atoms with E-state index in [1.165, 1.54) is 25.9 Å². The highest BCUT2D eigenvalue weighted by Gasteiger charge is 2.12. The summed E-state index contributed by atoms with van der Waals surface area (Å²) in [6, 6.07) is 7.65. The summed E-state index contributed by atoms with van der Waals surface area (Å²) in [5, 5.41) is 6.15. The van der Waals surface area contributed by atoms with Gasteiger partial charge in [0.2, 0.25) is 5.95 Å². The van der Waals surface area contributed by atoms with Crippen molar-refractivity contribution < 1.29 is 4.79 Å². The lowest BCUT2D eigenvalue weighted by Gasteiger charge is -2.21. The van der Waals surface area contributed by atoms with E-state index in [9.17, 15) is 4.79 Å². The standard InChI is InChI=1S/C21H30N6O/c1-22-20-7-9-23-21(25-20)24-19-6-5-17(18(15-19)16-28)8-12-26(2)13-14-27-10-3-4-11-27/h5-7,9,15-16H,3-4,8,10-14H2,1-2H3,(H2,22,23,24,25). The number of rotatable bonds is 10. The minimum absolute atomic E-state index is 0.498. The van der Waals surface area contributed by atoms with E-state index in [0.717, 1.165) is 49.4 Å². The van der Waals surface area contributed by atoms with Crippen molar-refractivity contribution in [3.8, 4) is 0 Å². The number of benzene rings is 1. The van der Waals surface area contributed by atoms with Gasteiger partial charge < -0.3 is 20.4 Å². The first kappa shape index (κ1) is 20.2. The molecule has 1 aromatic heterocycles. The third-order valence-electron chi connectivity index (χ3n) is 5.20. The van der Waals surface area contributed by atoms with E-state index in [-0.39, 0.29) is 0 Å².